The van der Waals surface area contributed by atoms with Crippen molar-refractivity contribution < 1.29 is 4.74 Å². The summed E-state index contributed by atoms with van der Waals surface area (Å²) in [6.07, 6.45) is 5.43. The number of ether oxygens (including phenoxy) is 1. The van der Waals surface area contributed by atoms with Crippen molar-refractivity contribution in [1.82, 2.24) is 14.6 Å². The highest BCUT2D eigenvalue weighted by Crippen LogP contribution is 2.18. The summed E-state index contributed by atoms with van der Waals surface area (Å²) in [5.74, 6) is 1.65. The number of rotatable bonds is 2. The molecule has 90 valence electrons. The van der Waals surface area contributed by atoms with E-state index in [1.54, 1.807) is 0 Å². The van der Waals surface area contributed by atoms with E-state index in [2.05, 4.69) is 39.9 Å². The molecule has 0 spiro atoms. The molecule has 4 nitrogen and oxygen atoms in total. The van der Waals surface area contributed by atoms with Gasteiger partial charge in [-0.05, 0) is 43.4 Å². The van der Waals surface area contributed by atoms with E-state index in [0.717, 1.165) is 31.1 Å². The van der Waals surface area contributed by atoms with Gasteiger partial charge in [0.15, 0.2) is 5.65 Å². The molecule has 2 aromatic heterocycles. The van der Waals surface area contributed by atoms with Crippen LogP contribution in [0.25, 0.3) is 5.65 Å². The molecule has 17 heavy (non-hydrogen) atoms. The minimum atomic E-state index is 0.595. The van der Waals surface area contributed by atoms with Crippen molar-refractivity contribution in [3.63, 3.8) is 0 Å². The molecule has 1 saturated heterocycles. The molecule has 4 heteroatoms. The fourth-order valence-corrected chi connectivity index (χ4v) is 2.41. The van der Waals surface area contributed by atoms with Crippen LogP contribution in [0.4, 0.5) is 0 Å². The fourth-order valence-electron chi connectivity index (χ4n) is 2.41. The van der Waals surface area contributed by atoms with E-state index in [-0.39, 0.29) is 0 Å². The first-order chi connectivity index (χ1) is 8.33. The predicted molar refractivity (Wildman–Crippen MR) is 65.0 cm³/mol. The first-order valence-corrected chi connectivity index (χ1v) is 6.21. The Morgan fingerprint density at radius 1 is 1.47 bits per heavy atom. The summed E-state index contributed by atoms with van der Waals surface area (Å²) in [5.41, 5.74) is 2.16. The second-order valence-corrected chi connectivity index (χ2v) is 4.84. The van der Waals surface area contributed by atoms with Gasteiger partial charge in [-0.2, -0.15) is 0 Å². The molecule has 0 aromatic carbocycles. The Morgan fingerprint density at radius 2 is 2.41 bits per heavy atom. The Labute approximate surface area is 101 Å². The average Bonchev–Trinajstić information content (AvgIpc) is 2.73. The van der Waals surface area contributed by atoms with Gasteiger partial charge in [0.25, 0.3) is 0 Å². The molecule has 0 bridgehead atoms. The molecule has 3 heterocycles. The lowest BCUT2D eigenvalue weighted by Crippen LogP contribution is -2.20. The van der Waals surface area contributed by atoms with E-state index in [4.69, 9.17) is 4.74 Å². The number of aryl methyl sites for hydroxylation is 1. The van der Waals surface area contributed by atoms with Crippen LogP contribution in [0.2, 0.25) is 0 Å². The second kappa shape index (κ2) is 4.45. The normalized spacial score (nSPS) is 20.9. The summed E-state index contributed by atoms with van der Waals surface area (Å²) < 4.78 is 7.59. The average molecular weight is 231 g/mol. The number of fused-ring (bicyclic) bond motifs is 1. The SMILES string of the molecule is Cc1ccn2c(CC3CCCOC3)nnc2c1. The molecule has 0 radical (unpaired) electrons. The van der Waals surface area contributed by atoms with Crippen molar-refractivity contribution in [3.05, 3.63) is 29.7 Å². The van der Waals surface area contributed by atoms with Crippen molar-refractivity contribution in [2.75, 3.05) is 13.2 Å². The number of hydrogen-bond acceptors (Lipinski definition) is 3. The van der Waals surface area contributed by atoms with Gasteiger partial charge in [-0.15, -0.1) is 10.2 Å². The van der Waals surface area contributed by atoms with Crippen LogP contribution in [0.1, 0.15) is 24.2 Å². The smallest absolute Gasteiger partial charge is 0.161 e. The largest absolute Gasteiger partial charge is 0.381 e. The molecule has 0 aliphatic carbocycles. The summed E-state index contributed by atoms with van der Waals surface area (Å²) in [6.45, 7) is 3.85. The number of pyridine rings is 1. The molecule has 1 fully saturated rings. The second-order valence-electron chi connectivity index (χ2n) is 4.84. The number of hydrogen-bond donors (Lipinski definition) is 0. The lowest BCUT2D eigenvalue weighted by molar-refractivity contribution is 0.0542. The Morgan fingerprint density at radius 3 is 3.24 bits per heavy atom. The van der Waals surface area contributed by atoms with Crippen LogP contribution >= 0.6 is 0 Å². The van der Waals surface area contributed by atoms with E-state index < -0.39 is 0 Å². The highest BCUT2D eigenvalue weighted by Gasteiger charge is 2.17. The summed E-state index contributed by atoms with van der Waals surface area (Å²) in [5, 5.41) is 8.51. The molecule has 0 amide bonds. The molecule has 1 unspecified atom stereocenters. The summed E-state index contributed by atoms with van der Waals surface area (Å²) in [6, 6.07) is 4.16. The van der Waals surface area contributed by atoms with Crippen molar-refractivity contribution in [1.29, 1.82) is 0 Å². The fraction of sp³-hybridized carbons (Fsp3) is 0.538. The zero-order valence-corrected chi connectivity index (χ0v) is 10.1. The van der Waals surface area contributed by atoms with Crippen molar-refractivity contribution >= 4 is 5.65 Å². The Balaban J connectivity index is 1.84. The van der Waals surface area contributed by atoms with E-state index in [1.807, 2.05) is 0 Å². The van der Waals surface area contributed by atoms with E-state index in [0.29, 0.717) is 5.92 Å². The van der Waals surface area contributed by atoms with Crippen LogP contribution in [0, 0.1) is 12.8 Å². The van der Waals surface area contributed by atoms with Crippen molar-refractivity contribution in [3.8, 4) is 0 Å². The predicted octanol–water partition coefficient (Wildman–Crippen LogP) is 2.01. The molecule has 0 saturated carbocycles. The molecule has 1 atom stereocenters. The molecule has 1 aliphatic rings. The van der Waals surface area contributed by atoms with Gasteiger partial charge in [-0.25, -0.2) is 0 Å². The molecule has 3 rings (SSSR count). The summed E-state index contributed by atoms with van der Waals surface area (Å²) >= 11 is 0. The van der Waals surface area contributed by atoms with Crippen molar-refractivity contribution in [2.24, 2.45) is 5.92 Å². The topological polar surface area (TPSA) is 39.4 Å². The maximum absolute atomic E-state index is 5.50. The zero-order valence-electron chi connectivity index (χ0n) is 10.1. The molecule has 2 aromatic rings. The van der Waals surface area contributed by atoms with Crippen LogP contribution in [0.15, 0.2) is 18.3 Å². The summed E-state index contributed by atoms with van der Waals surface area (Å²) in [4.78, 5) is 0. The van der Waals surface area contributed by atoms with E-state index >= 15 is 0 Å². The maximum Gasteiger partial charge on any atom is 0.161 e. The van der Waals surface area contributed by atoms with E-state index in [9.17, 15) is 0 Å². The zero-order chi connectivity index (χ0) is 11.7. The first kappa shape index (κ1) is 10.7. The van der Waals surface area contributed by atoms with Crippen LogP contribution in [-0.2, 0) is 11.2 Å². The highest BCUT2D eigenvalue weighted by atomic mass is 16.5. The third kappa shape index (κ3) is 2.17. The van der Waals surface area contributed by atoms with E-state index in [1.165, 1.54) is 18.4 Å². The maximum atomic E-state index is 5.50. The van der Waals surface area contributed by atoms with Crippen LogP contribution in [-0.4, -0.2) is 27.8 Å². The number of nitrogens with zero attached hydrogens (tertiary/aromatic N) is 3. The van der Waals surface area contributed by atoms with Crippen LogP contribution < -0.4 is 0 Å². The Hall–Kier alpha value is -1.42. The minimum absolute atomic E-state index is 0.595. The minimum Gasteiger partial charge on any atom is -0.381 e. The molecular formula is C13H17N3O. The first-order valence-electron chi connectivity index (χ1n) is 6.21. The van der Waals surface area contributed by atoms with Gasteiger partial charge in [-0.3, -0.25) is 4.40 Å². The molecule has 1 aliphatic heterocycles. The highest BCUT2D eigenvalue weighted by molar-refractivity contribution is 5.40. The van der Waals surface area contributed by atoms with Gasteiger partial charge in [0.1, 0.15) is 5.82 Å². The standard InChI is InChI=1S/C13H17N3O/c1-10-4-5-16-12(7-10)14-15-13(16)8-11-3-2-6-17-9-11/h4-5,7,11H,2-3,6,8-9H2,1H3. The third-order valence-electron chi connectivity index (χ3n) is 3.36. The Kier molecular flexibility index (Phi) is 2.81. The third-order valence-corrected chi connectivity index (χ3v) is 3.36. The Bertz CT molecular complexity index is 514. The van der Waals surface area contributed by atoms with Crippen LogP contribution in [0.5, 0.6) is 0 Å². The van der Waals surface area contributed by atoms with Gasteiger partial charge in [-0.1, -0.05) is 0 Å². The number of aromatic nitrogens is 3. The lowest BCUT2D eigenvalue weighted by atomic mass is 9.98. The van der Waals surface area contributed by atoms with Crippen LogP contribution in [0.3, 0.4) is 0 Å². The quantitative estimate of drug-likeness (QED) is 0.793. The summed E-state index contributed by atoms with van der Waals surface area (Å²) in [7, 11) is 0. The van der Waals surface area contributed by atoms with Gasteiger partial charge < -0.3 is 4.74 Å². The van der Waals surface area contributed by atoms with Crippen molar-refractivity contribution in [2.45, 2.75) is 26.2 Å². The molecular weight excluding hydrogens is 214 g/mol. The van der Waals surface area contributed by atoms with Gasteiger partial charge in [0.2, 0.25) is 0 Å². The molecule has 0 N–H and O–H groups in total. The lowest BCUT2D eigenvalue weighted by Gasteiger charge is -2.20. The van der Waals surface area contributed by atoms with Gasteiger partial charge in [0, 0.05) is 25.8 Å². The monoisotopic (exact) mass is 231 g/mol. The van der Waals surface area contributed by atoms with Gasteiger partial charge >= 0.3 is 0 Å². The van der Waals surface area contributed by atoms with Gasteiger partial charge in [0.05, 0.1) is 0 Å².